The molecule has 0 aromatic heterocycles. The van der Waals surface area contributed by atoms with Gasteiger partial charge in [0.2, 0.25) is 0 Å². The minimum Gasteiger partial charge on any atom is -0.466 e. The second-order valence-corrected chi connectivity index (χ2v) is 4.07. The lowest BCUT2D eigenvalue weighted by atomic mass is 10.2. The summed E-state index contributed by atoms with van der Waals surface area (Å²) in [5.74, 6) is -0.818. The minimum absolute atomic E-state index is 0.0795. The van der Waals surface area contributed by atoms with Crippen LogP contribution >= 0.6 is 0 Å². The molecule has 21 heavy (non-hydrogen) atoms. The lowest BCUT2D eigenvalue weighted by Gasteiger charge is -2.08. The number of benzene rings is 1. The molecule has 0 spiro atoms. The summed E-state index contributed by atoms with van der Waals surface area (Å²) in [5, 5.41) is 2.59. The fourth-order valence-corrected chi connectivity index (χ4v) is 1.58. The molecule has 0 bridgehead atoms. The Morgan fingerprint density at radius 3 is 2.76 bits per heavy atom. The Bertz CT molecular complexity index is 480. The van der Waals surface area contributed by atoms with E-state index in [0.29, 0.717) is 13.0 Å². The van der Waals surface area contributed by atoms with Crippen LogP contribution in [0.3, 0.4) is 0 Å². The molecule has 0 atom stereocenters. The molecule has 0 aliphatic heterocycles. The normalized spacial score (nSPS) is 10.3. The van der Waals surface area contributed by atoms with Gasteiger partial charge < -0.3 is 14.8 Å². The molecule has 1 aromatic rings. The Kier molecular flexibility index (Phi) is 7.14. The fraction of sp³-hybridized carbons (Fsp3) is 0.429. The molecule has 1 N–H and O–H groups in total. The largest absolute Gasteiger partial charge is 0.466 e. The molecule has 1 rings (SSSR count). The molecule has 0 heterocycles. The lowest BCUT2D eigenvalue weighted by molar-refractivity contribution is -0.143. The van der Waals surface area contributed by atoms with Crippen molar-refractivity contribution in [1.82, 2.24) is 5.32 Å². The summed E-state index contributed by atoms with van der Waals surface area (Å²) in [7, 11) is 0. The van der Waals surface area contributed by atoms with Crippen LogP contribution in [0, 0.1) is 0 Å². The number of esters is 1. The monoisotopic (exact) mass is 301 g/mol. The van der Waals surface area contributed by atoms with E-state index in [1.165, 1.54) is 24.3 Å². The SMILES string of the molecule is CCOC(=O)CCCNC(=O)c1cccc(OC(F)F)c1. The zero-order chi connectivity index (χ0) is 15.7. The second kappa shape index (κ2) is 8.89. The third-order valence-corrected chi connectivity index (χ3v) is 2.47. The third kappa shape index (κ3) is 6.69. The van der Waals surface area contributed by atoms with Gasteiger partial charge in [-0.2, -0.15) is 8.78 Å². The van der Waals surface area contributed by atoms with E-state index in [1.807, 2.05) is 0 Å². The lowest BCUT2D eigenvalue weighted by Crippen LogP contribution is -2.25. The van der Waals surface area contributed by atoms with Crippen molar-refractivity contribution in [1.29, 1.82) is 0 Å². The van der Waals surface area contributed by atoms with E-state index >= 15 is 0 Å². The van der Waals surface area contributed by atoms with E-state index in [9.17, 15) is 18.4 Å². The summed E-state index contributed by atoms with van der Waals surface area (Å²) < 4.78 is 33.1. The molecular weight excluding hydrogens is 284 g/mol. The molecule has 0 radical (unpaired) electrons. The topological polar surface area (TPSA) is 64.6 Å². The molecule has 0 saturated heterocycles. The van der Waals surface area contributed by atoms with E-state index in [4.69, 9.17) is 4.74 Å². The van der Waals surface area contributed by atoms with Gasteiger partial charge in [-0.1, -0.05) is 6.07 Å². The highest BCUT2D eigenvalue weighted by Gasteiger charge is 2.09. The Balaban J connectivity index is 2.40. The van der Waals surface area contributed by atoms with Gasteiger partial charge in [0.1, 0.15) is 5.75 Å². The maximum atomic E-state index is 12.1. The summed E-state index contributed by atoms with van der Waals surface area (Å²) in [5.41, 5.74) is 0.212. The van der Waals surface area contributed by atoms with E-state index in [2.05, 4.69) is 10.1 Å². The van der Waals surface area contributed by atoms with Gasteiger partial charge in [0.25, 0.3) is 5.91 Å². The zero-order valence-electron chi connectivity index (χ0n) is 11.6. The maximum Gasteiger partial charge on any atom is 0.387 e. The maximum absolute atomic E-state index is 12.1. The molecule has 0 saturated carbocycles. The molecular formula is C14H17F2NO4. The van der Waals surface area contributed by atoms with Crippen LogP contribution in [-0.2, 0) is 9.53 Å². The van der Waals surface area contributed by atoms with Crippen LogP contribution in [0.4, 0.5) is 8.78 Å². The average Bonchev–Trinajstić information content (AvgIpc) is 2.43. The van der Waals surface area contributed by atoms with Crippen molar-refractivity contribution in [2.24, 2.45) is 0 Å². The summed E-state index contributed by atoms with van der Waals surface area (Å²) in [6.07, 6.45) is 0.653. The number of hydrogen-bond acceptors (Lipinski definition) is 4. The van der Waals surface area contributed by atoms with Gasteiger partial charge in [0.05, 0.1) is 6.61 Å². The Hall–Kier alpha value is -2.18. The quantitative estimate of drug-likeness (QED) is 0.591. The third-order valence-electron chi connectivity index (χ3n) is 2.47. The average molecular weight is 301 g/mol. The summed E-state index contributed by atoms with van der Waals surface area (Å²) in [6.45, 7) is -0.610. The van der Waals surface area contributed by atoms with Crippen molar-refractivity contribution in [3.8, 4) is 5.75 Å². The highest BCUT2D eigenvalue weighted by atomic mass is 19.3. The first-order valence-electron chi connectivity index (χ1n) is 6.51. The van der Waals surface area contributed by atoms with Crippen LogP contribution in [0.2, 0.25) is 0 Å². The predicted octanol–water partition coefficient (Wildman–Crippen LogP) is 2.36. The van der Waals surface area contributed by atoms with Crippen molar-refractivity contribution < 1.29 is 27.8 Å². The van der Waals surface area contributed by atoms with E-state index in [1.54, 1.807) is 6.92 Å². The van der Waals surface area contributed by atoms with Gasteiger partial charge >= 0.3 is 12.6 Å². The van der Waals surface area contributed by atoms with Gasteiger partial charge in [-0.3, -0.25) is 9.59 Å². The van der Waals surface area contributed by atoms with Gasteiger partial charge in [0.15, 0.2) is 0 Å². The number of hydrogen-bond donors (Lipinski definition) is 1. The van der Waals surface area contributed by atoms with E-state index in [0.717, 1.165) is 0 Å². The number of nitrogens with one attached hydrogen (secondary N) is 1. The van der Waals surface area contributed by atoms with Gasteiger partial charge in [-0.25, -0.2) is 0 Å². The molecule has 0 aliphatic rings. The standard InChI is InChI=1S/C14H17F2NO4/c1-2-20-12(18)7-4-8-17-13(19)10-5-3-6-11(9-10)21-14(15)16/h3,5-6,9,14H,2,4,7-8H2,1H3,(H,17,19). The van der Waals surface area contributed by atoms with Crippen molar-refractivity contribution in [3.63, 3.8) is 0 Å². The first kappa shape index (κ1) is 16.9. The number of carbonyl (C=O) groups excluding carboxylic acids is 2. The second-order valence-electron chi connectivity index (χ2n) is 4.07. The molecule has 116 valence electrons. The van der Waals surface area contributed by atoms with E-state index < -0.39 is 12.5 Å². The molecule has 7 heteroatoms. The Labute approximate surface area is 121 Å². The molecule has 0 unspecified atom stereocenters. The van der Waals surface area contributed by atoms with Crippen LogP contribution in [0.15, 0.2) is 24.3 Å². The van der Waals surface area contributed by atoms with Gasteiger partial charge in [-0.15, -0.1) is 0 Å². The molecule has 1 aromatic carbocycles. The number of alkyl halides is 2. The van der Waals surface area contributed by atoms with Crippen LogP contribution in [0.5, 0.6) is 5.75 Å². The first-order valence-corrected chi connectivity index (χ1v) is 6.51. The van der Waals surface area contributed by atoms with Gasteiger partial charge in [-0.05, 0) is 31.5 Å². The number of carbonyl (C=O) groups is 2. The van der Waals surface area contributed by atoms with Crippen molar-refractivity contribution in [3.05, 3.63) is 29.8 Å². The van der Waals surface area contributed by atoms with Crippen molar-refractivity contribution >= 4 is 11.9 Å². The summed E-state index contributed by atoms with van der Waals surface area (Å²) in [6, 6.07) is 5.50. The fourth-order valence-electron chi connectivity index (χ4n) is 1.58. The minimum atomic E-state index is -2.94. The number of ether oxygens (including phenoxy) is 2. The molecule has 5 nitrogen and oxygen atoms in total. The van der Waals surface area contributed by atoms with Crippen molar-refractivity contribution in [2.75, 3.05) is 13.2 Å². The van der Waals surface area contributed by atoms with Crippen LogP contribution in [-0.4, -0.2) is 31.6 Å². The highest BCUT2D eigenvalue weighted by Crippen LogP contribution is 2.15. The van der Waals surface area contributed by atoms with Crippen LogP contribution < -0.4 is 10.1 Å². The summed E-state index contributed by atoms with van der Waals surface area (Å²) >= 11 is 0. The van der Waals surface area contributed by atoms with Crippen LogP contribution in [0.25, 0.3) is 0 Å². The molecule has 0 aliphatic carbocycles. The number of halogens is 2. The first-order chi connectivity index (χ1) is 10.0. The zero-order valence-corrected chi connectivity index (χ0v) is 11.6. The molecule has 1 amide bonds. The number of amides is 1. The Morgan fingerprint density at radius 1 is 1.33 bits per heavy atom. The van der Waals surface area contributed by atoms with Gasteiger partial charge in [0, 0.05) is 18.5 Å². The summed E-state index contributed by atoms with van der Waals surface area (Å²) in [4.78, 5) is 22.9. The van der Waals surface area contributed by atoms with Crippen molar-refractivity contribution in [2.45, 2.75) is 26.4 Å². The Morgan fingerprint density at radius 2 is 2.10 bits per heavy atom. The highest BCUT2D eigenvalue weighted by molar-refractivity contribution is 5.94. The van der Waals surface area contributed by atoms with E-state index in [-0.39, 0.29) is 30.2 Å². The number of rotatable bonds is 8. The van der Waals surface area contributed by atoms with Crippen LogP contribution in [0.1, 0.15) is 30.1 Å². The smallest absolute Gasteiger partial charge is 0.387 e. The molecule has 0 fully saturated rings. The predicted molar refractivity (Wildman–Crippen MR) is 71.3 cm³/mol.